The second-order valence-electron chi connectivity index (χ2n) is 4.94. The van der Waals surface area contributed by atoms with Crippen LogP contribution < -0.4 is 10.6 Å². The summed E-state index contributed by atoms with van der Waals surface area (Å²) in [5, 5.41) is 0. The molecule has 0 heterocycles. The Hall–Kier alpha value is -1.87. The van der Waals surface area contributed by atoms with Crippen molar-refractivity contribution < 1.29 is 0 Å². The van der Waals surface area contributed by atoms with Crippen LogP contribution in [0.25, 0.3) is 0 Å². The van der Waals surface area contributed by atoms with Crippen LogP contribution in [0.1, 0.15) is 23.6 Å². The molecular formula is C17H20N2S. The van der Waals surface area contributed by atoms with E-state index in [2.05, 4.69) is 55.3 Å². The Balaban J connectivity index is 2.30. The highest BCUT2D eigenvalue weighted by Crippen LogP contribution is 2.26. The summed E-state index contributed by atoms with van der Waals surface area (Å²) in [7, 11) is 2.07. The van der Waals surface area contributed by atoms with Gasteiger partial charge >= 0.3 is 0 Å². The van der Waals surface area contributed by atoms with Crippen LogP contribution in [-0.4, -0.2) is 12.0 Å². The summed E-state index contributed by atoms with van der Waals surface area (Å²) in [6, 6.07) is 14.8. The summed E-state index contributed by atoms with van der Waals surface area (Å²) < 4.78 is 0. The number of rotatable bonds is 4. The number of aryl methyl sites for hydroxylation is 2. The molecule has 2 aromatic carbocycles. The zero-order valence-corrected chi connectivity index (χ0v) is 13.0. The molecule has 2 aromatic rings. The Morgan fingerprint density at radius 1 is 1.10 bits per heavy atom. The van der Waals surface area contributed by atoms with Crippen LogP contribution in [0.15, 0.2) is 42.5 Å². The Morgan fingerprint density at radius 3 is 2.20 bits per heavy atom. The summed E-state index contributed by atoms with van der Waals surface area (Å²) in [5.41, 5.74) is 11.4. The Morgan fingerprint density at radius 2 is 1.70 bits per heavy atom. The molecule has 0 aromatic heterocycles. The van der Waals surface area contributed by atoms with E-state index < -0.39 is 0 Å². The number of benzene rings is 2. The fourth-order valence-electron chi connectivity index (χ4n) is 2.24. The van der Waals surface area contributed by atoms with Gasteiger partial charge in [-0.05, 0) is 54.8 Å². The van der Waals surface area contributed by atoms with Crippen LogP contribution >= 0.6 is 12.2 Å². The van der Waals surface area contributed by atoms with Crippen molar-refractivity contribution in [1.82, 2.24) is 0 Å². The van der Waals surface area contributed by atoms with Crippen molar-refractivity contribution in [2.75, 3.05) is 11.9 Å². The normalized spacial score (nSPS) is 10.3. The molecule has 2 nitrogen and oxygen atoms in total. The van der Waals surface area contributed by atoms with Gasteiger partial charge < -0.3 is 10.6 Å². The molecule has 0 amide bonds. The first-order valence-electron chi connectivity index (χ1n) is 6.76. The summed E-state index contributed by atoms with van der Waals surface area (Å²) >= 11 is 5.04. The number of anilines is 2. The predicted octanol–water partition coefficient (Wildman–Crippen LogP) is 3.96. The molecule has 0 radical (unpaired) electrons. The lowest BCUT2D eigenvalue weighted by molar-refractivity contribution is 1.13. The molecule has 0 saturated heterocycles. The van der Waals surface area contributed by atoms with Gasteiger partial charge in [-0.25, -0.2) is 0 Å². The van der Waals surface area contributed by atoms with E-state index in [0.29, 0.717) is 4.99 Å². The third-order valence-corrected chi connectivity index (χ3v) is 3.81. The Bertz CT molecular complexity index is 617. The monoisotopic (exact) mass is 284 g/mol. The van der Waals surface area contributed by atoms with E-state index in [1.807, 2.05) is 13.0 Å². The second-order valence-corrected chi connectivity index (χ2v) is 5.38. The molecular weight excluding hydrogens is 264 g/mol. The van der Waals surface area contributed by atoms with Gasteiger partial charge in [0.1, 0.15) is 4.99 Å². The summed E-state index contributed by atoms with van der Waals surface area (Å²) in [6.45, 7) is 4.20. The average molecular weight is 284 g/mol. The van der Waals surface area contributed by atoms with Crippen LogP contribution in [-0.2, 0) is 6.42 Å². The van der Waals surface area contributed by atoms with Crippen molar-refractivity contribution in [2.45, 2.75) is 20.3 Å². The molecule has 2 N–H and O–H groups in total. The minimum absolute atomic E-state index is 0.448. The standard InChI is InChI=1S/C17H20N2S/c1-4-13-5-7-14(8-6-13)19(3)15-9-10-16(17(18)20)12(2)11-15/h5-11H,4H2,1-3H3,(H2,18,20). The van der Waals surface area contributed by atoms with E-state index >= 15 is 0 Å². The van der Waals surface area contributed by atoms with E-state index in [-0.39, 0.29) is 0 Å². The molecule has 104 valence electrons. The van der Waals surface area contributed by atoms with Gasteiger partial charge in [0.05, 0.1) is 0 Å². The molecule has 0 aliphatic rings. The van der Waals surface area contributed by atoms with Crippen LogP contribution in [0.4, 0.5) is 11.4 Å². The van der Waals surface area contributed by atoms with Crippen LogP contribution in [0.3, 0.4) is 0 Å². The molecule has 3 heteroatoms. The summed E-state index contributed by atoms with van der Waals surface area (Å²) in [6.07, 6.45) is 1.06. The van der Waals surface area contributed by atoms with Gasteiger partial charge in [-0.1, -0.05) is 31.3 Å². The van der Waals surface area contributed by atoms with Crippen molar-refractivity contribution in [1.29, 1.82) is 0 Å². The molecule has 2 rings (SSSR count). The summed E-state index contributed by atoms with van der Waals surface area (Å²) in [5.74, 6) is 0. The smallest absolute Gasteiger partial charge is 0.104 e. The number of nitrogens with two attached hydrogens (primary N) is 1. The molecule has 0 aliphatic heterocycles. The average Bonchev–Trinajstić information content (AvgIpc) is 2.46. The van der Waals surface area contributed by atoms with Gasteiger partial charge in [-0.3, -0.25) is 0 Å². The number of nitrogens with zero attached hydrogens (tertiary/aromatic N) is 1. The van der Waals surface area contributed by atoms with E-state index in [1.165, 1.54) is 11.3 Å². The highest BCUT2D eigenvalue weighted by Gasteiger charge is 2.07. The van der Waals surface area contributed by atoms with E-state index in [0.717, 1.165) is 23.2 Å². The number of hydrogen-bond donors (Lipinski definition) is 1. The van der Waals surface area contributed by atoms with Crippen molar-refractivity contribution in [3.8, 4) is 0 Å². The molecule has 0 unspecified atom stereocenters. The van der Waals surface area contributed by atoms with Gasteiger partial charge in [0, 0.05) is 24.0 Å². The van der Waals surface area contributed by atoms with E-state index in [4.69, 9.17) is 18.0 Å². The lowest BCUT2D eigenvalue weighted by Gasteiger charge is -2.21. The highest BCUT2D eigenvalue weighted by molar-refractivity contribution is 7.80. The Kier molecular flexibility index (Phi) is 4.40. The largest absolute Gasteiger partial charge is 0.389 e. The van der Waals surface area contributed by atoms with Crippen molar-refractivity contribution in [2.24, 2.45) is 5.73 Å². The molecule has 0 spiro atoms. The third kappa shape index (κ3) is 2.99. The quantitative estimate of drug-likeness (QED) is 0.862. The van der Waals surface area contributed by atoms with Gasteiger partial charge in [0.15, 0.2) is 0 Å². The number of thiocarbonyl (C=S) groups is 1. The molecule has 0 bridgehead atoms. The molecule has 0 atom stereocenters. The fourth-order valence-corrected chi connectivity index (χ4v) is 2.47. The van der Waals surface area contributed by atoms with Gasteiger partial charge in [0.25, 0.3) is 0 Å². The van der Waals surface area contributed by atoms with Gasteiger partial charge in [-0.2, -0.15) is 0 Å². The van der Waals surface area contributed by atoms with Gasteiger partial charge in [-0.15, -0.1) is 0 Å². The van der Waals surface area contributed by atoms with Crippen LogP contribution in [0, 0.1) is 6.92 Å². The highest BCUT2D eigenvalue weighted by atomic mass is 32.1. The minimum Gasteiger partial charge on any atom is -0.389 e. The zero-order chi connectivity index (χ0) is 14.7. The lowest BCUT2D eigenvalue weighted by atomic mass is 10.1. The molecule has 20 heavy (non-hydrogen) atoms. The second kappa shape index (κ2) is 6.06. The topological polar surface area (TPSA) is 29.3 Å². The maximum Gasteiger partial charge on any atom is 0.104 e. The maximum absolute atomic E-state index is 5.70. The first-order valence-corrected chi connectivity index (χ1v) is 7.17. The van der Waals surface area contributed by atoms with Crippen molar-refractivity contribution in [3.63, 3.8) is 0 Å². The van der Waals surface area contributed by atoms with Crippen LogP contribution in [0.5, 0.6) is 0 Å². The van der Waals surface area contributed by atoms with Gasteiger partial charge in [0.2, 0.25) is 0 Å². The van der Waals surface area contributed by atoms with E-state index in [1.54, 1.807) is 0 Å². The zero-order valence-electron chi connectivity index (χ0n) is 12.2. The Labute approximate surface area is 126 Å². The first kappa shape index (κ1) is 14.5. The minimum atomic E-state index is 0.448. The fraction of sp³-hybridized carbons (Fsp3) is 0.235. The van der Waals surface area contributed by atoms with Crippen molar-refractivity contribution >= 4 is 28.6 Å². The lowest BCUT2D eigenvalue weighted by Crippen LogP contribution is -2.13. The third-order valence-electron chi connectivity index (χ3n) is 3.59. The molecule has 0 aliphatic carbocycles. The molecule has 0 saturated carbocycles. The molecule has 0 fully saturated rings. The first-order chi connectivity index (χ1) is 9.52. The number of hydrogen-bond acceptors (Lipinski definition) is 2. The van der Waals surface area contributed by atoms with Crippen LogP contribution in [0.2, 0.25) is 0 Å². The summed E-state index contributed by atoms with van der Waals surface area (Å²) in [4.78, 5) is 2.61. The maximum atomic E-state index is 5.70. The SMILES string of the molecule is CCc1ccc(N(C)c2ccc(C(N)=S)c(C)c2)cc1. The van der Waals surface area contributed by atoms with E-state index in [9.17, 15) is 0 Å². The predicted molar refractivity (Wildman–Crippen MR) is 90.9 cm³/mol. The van der Waals surface area contributed by atoms with Crippen molar-refractivity contribution in [3.05, 3.63) is 59.2 Å².